The Balaban J connectivity index is 2.37. The molecule has 0 aliphatic rings. The summed E-state index contributed by atoms with van der Waals surface area (Å²) in [4.78, 5) is 0. The molecule has 1 heteroatoms. The van der Waals surface area contributed by atoms with Crippen molar-refractivity contribution in [3.05, 3.63) is 30.2 Å². The first-order valence-electron chi connectivity index (χ1n) is 3.99. The van der Waals surface area contributed by atoms with Gasteiger partial charge in [0.2, 0.25) is 0 Å². The van der Waals surface area contributed by atoms with Gasteiger partial charge in [0, 0.05) is 0 Å². The fraction of sp³-hybridized carbons (Fsp3) is 0.400. The van der Waals surface area contributed by atoms with Crippen LogP contribution in [0.5, 0.6) is 0 Å². The van der Waals surface area contributed by atoms with Gasteiger partial charge in [0.15, 0.2) is 0 Å². The van der Waals surface area contributed by atoms with Crippen LogP contribution >= 0.6 is 0 Å². The average Bonchev–Trinajstić information content (AvgIpc) is 2.39. The van der Waals surface area contributed by atoms with Gasteiger partial charge in [-0.25, -0.2) is 0 Å². The van der Waals surface area contributed by atoms with Crippen LogP contribution in [0.3, 0.4) is 0 Å². The van der Waals surface area contributed by atoms with Crippen molar-refractivity contribution in [3.8, 4) is 0 Å². The van der Waals surface area contributed by atoms with E-state index in [0.29, 0.717) is 0 Å². The predicted octanol–water partition coefficient (Wildman–Crippen LogP) is 3.34. The van der Waals surface area contributed by atoms with Gasteiger partial charge in [-0.1, -0.05) is 19.9 Å². The van der Waals surface area contributed by atoms with Crippen LogP contribution in [0.25, 0.3) is 6.08 Å². The van der Waals surface area contributed by atoms with E-state index in [1.54, 1.807) is 6.26 Å². The molecule has 0 aliphatic heterocycles. The SMILES string of the molecule is CC(C)CC=Cc1ccco1. The smallest absolute Gasteiger partial charge is 0.126 e. The van der Waals surface area contributed by atoms with Crippen LogP contribution in [0.2, 0.25) is 0 Å². The number of furan rings is 1. The van der Waals surface area contributed by atoms with Crippen molar-refractivity contribution in [1.82, 2.24) is 0 Å². The molecule has 0 aromatic carbocycles. The van der Waals surface area contributed by atoms with Gasteiger partial charge in [-0.05, 0) is 30.5 Å². The van der Waals surface area contributed by atoms with Crippen molar-refractivity contribution in [3.63, 3.8) is 0 Å². The van der Waals surface area contributed by atoms with E-state index in [4.69, 9.17) is 4.42 Å². The summed E-state index contributed by atoms with van der Waals surface area (Å²) < 4.78 is 5.13. The molecule has 0 radical (unpaired) electrons. The molecule has 0 aliphatic carbocycles. The summed E-state index contributed by atoms with van der Waals surface area (Å²) in [5.41, 5.74) is 0. The molecular formula is C10H14O. The van der Waals surface area contributed by atoms with Crippen LogP contribution in [-0.2, 0) is 0 Å². The van der Waals surface area contributed by atoms with Gasteiger partial charge in [-0.15, -0.1) is 0 Å². The lowest BCUT2D eigenvalue weighted by Crippen LogP contribution is -1.80. The molecule has 0 spiro atoms. The minimum Gasteiger partial charge on any atom is -0.465 e. The third-order valence-corrected chi connectivity index (χ3v) is 1.43. The summed E-state index contributed by atoms with van der Waals surface area (Å²) in [6.07, 6.45) is 6.96. The van der Waals surface area contributed by atoms with Crippen LogP contribution in [0.4, 0.5) is 0 Å². The first kappa shape index (κ1) is 8.12. The Labute approximate surface area is 67.7 Å². The zero-order valence-corrected chi connectivity index (χ0v) is 7.08. The fourth-order valence-corrected chi connectivity index (χ4v) is 0.842. The molecule has 0 unspecified atom stereocenters. The molecule has 1 heterocycles. The lowest BCUT2D eigenvalue weighted by Gasteiger charge is -1.94. The molecule has 0 N–H and O–H groups in total. The second-order valence-corrected chi connectivity index (χ2v) is 3.05. The monoisotopic (exact) mass is 150 g/mol. The topological polar surface area (TPSA) is 13.1 Å². The second-order valence-electron chi connectivity index (χ2n) is 3.05. The minimum absolute atomic E-state index is 0.723. The highest BCUT2D eigenvalue weighted by Gasteiger charge is 1.89. The first-order valence-corrected chi connectivity index (χ1v) is 3.99. The lowest BCUT2D eigenvalue weighted by atomic mass is 10.1. The first-order chi connectivity index (χ1) is 5.29. The van der Waals surface area contributed by atoms with Crippen LogP contribution in [0, 0.1) is 5.92 Å². The highest BCUT2D eigenvalue weighted by molar-refractivity contribution is 5.41. The van der Waals surface area contributed by atoms with E-state index >= 15 is 0 Å². The number of hydrogen-bond acceptors (Lipinski definition) is 1. The summed E-state index contributed by atoms with van der Waals surface area (Å²) in [6, 6.07) is 3.85. The molecule has 1 aromatic heterocycles. The van der Waals surface area contributed by atoms with Crippen LogP contribution in [-0.4, -0.2) is 0 Å². The fourth-order valence-electron chi connectivity index (χ4n) is 0.842. The minimum atomic E-state index is 0.723. The number of hydrogen-bond donors (Lipinski definition) is 0. The largest absolute Gasteiger partial charge is 0.465 e. The highest BCUT2D eigenvalue weighted by atomic mass is 16.3. The molecule has 0 amide bonds. The van der Waals surface area contributed by atoms with Gasteiger partial charge < -0.3 is 4.42 Å². The van der Waals surface area contributed by atoms with Gasteiger partial charge in [0.1, 0.15) is 5.76 Å². The van der Waals surface area contributed by atoms with Crippen LogP contribution in [0.1, 0.15) is 26.0 Å². The van der Waals surface area contributed by atoms with Gasteiger partial charge in [-0.2, -0.15) is 0 Å². The van der Waals surface area contributed by atoms with Crippen molar-refractivity contribution in [1.29, 1.82) is 0 Å². The molecule has 1 rings (SSSR count). The quantitative estimate of drug-likeness (QED) is 0.644. The molecule has 0 bridgehead atoms. The zero-order chi connectivity index (χ0) is 8.10. The van der Waals surface area contributed by atoms with E-state index in [1.165, 1.54) is 0 Å². The van der Waals surface area contributed by atoms with E-state index in [0.717, 1.165) is 18.1 Å². The van der Waals surface area contributed by atoms with Crippen molar-refractivity contribution >= 4 is 6.08 Å². The summed E-state index contributed by atoms with van der Waals surface area (Å²) >= 11 is 0. The van der Waals surface area contributed by atoms with Crippen molar-refractivity contribution in [2.24, 2.45) is 5.92 Å². The van der Waals surface area contributed by atoms with E-state index < -0.39 is 0 Å². The van der Waals surface area contributed by atoms with Gasteiger partial charge in [-0.3, -0.25) is 0 Å². The molecule has 0 fully saturated rings. The third-order valence-electron chi connectivity index (χ3n) is 1.43. The summed E-state index contributed by atoms with van der Waals surface area (Å²) in [6.45, 7) is 4.40. The third kappa shape index (κ3) is 3.08. The predicted molar refractivity (Wildman–Crippen MR) is 47.2 cm³/mol. The Bertz CT molecular complexity index is 207. The van der Waals surface area contributed by atoms with E-state index in [2.05, 4.69) is 19.9 Å². The van der Waals surface area contributed by atoms with Gasteiger partial charge >= 0.3 is 0 Å². The molecule has 0 saturated carbocycles. The van der Waals surface area contributed by atoms with Crippen LogP contribution in [0.15, 0.2) is 28.9 Å². The molecule has 1 aromatic rings. The standard InChI is InChI=1S/C10H14O/c1-9(2)5-3-6-10-7-4-8-11-10/h3-4,6-9H,5H2,1-2H3. The van der Waals surface area contributed by atoms with Gasteiger partial charge in [0.25, 0.3) is 0 Å². The van der Waals surface area contributed by atoms with E-state index in [1.807, 2.05) is 18.2 Å². The zero-order valence-electron chi connectivity index (χ0n) is 7.08. The summed E-state index contributed by atoms with van der Waals surface area (Å²) in [5, 5.41) is 0. The van der Waals surface area contributed by atoms with Crippen molar-refractivity contribution in [2.45, 2.75) is 20.3 Å². The Morgan fingerprint density at radius 3 is 2.91 bits per heavy atom. The Kier molecular flexibility index (Phi) is 2.96. The molecule has 1 nitrogen and oxygen atoms in total. The maximum Gasteiger partial charge on any atom is 0.126 e. The van der Waals surface area contributed by atoms with E-state index in [9.17, 15) is 0 Å². The second kappa shape index (κ2) is 4.02. The Morgan fingerprint density at radius 1 is 1.55 bits per heavy atom. The molecule has 60 valence electrons. The summed E-state index contributed by atoms with van der Waals surface area (Å²) in [7, 11) is 0. The maximum atomic E-state index is 5.13. The normalized spacial score (nSPS) is 11.5. The highest BCUT2D eigenvalue weighted by Crippen LogP contribution is 2.06. The Morgan fingerprint density at radius 2 is 2.36 bits per heavy atom. The maximum absolute atomic E-state index is 5.13. The molecular weight excluding hydrogens is 136 g/mol. The van der Waals surface area contributed by atoms with Crippen molar-refractivity contribution in [2.75, 3.05) is 0 Å². The number of rotatable bonds is 3. The Hall–Kier alpha value is -0.980. The molecule has 11 heavy (non-hydrogen) atoms. The average molecular weight is 150 g/mol. The number of allylic oxidation sites excluding steroid dienone is 1. The van der Waals surface area contributed by atoms with Gasteiger partial charge in [0.05, 0.1) is 6.26 Å². The van der Waals surface area contributed by atoms with E-state index in [-0.39, 0.29) is 0 Å². The van der Waals surface area contributed by atoms with Crippen molar-refractivity contribution < 1.29 is 4.42 Å². The lowest BCUT2D eigenvalue weighted by molar-refractivity contribution is 0.556. The molecule has 0 saturated heterocycles. The molecule has 0 atom stereocenters. The summed E-state index contributed by atoms with van der Waals surface area (Å²) in [5.74, 6) is 1.66. The van der Waals surface area contributed by atoms with Crippen LogP contribution < -0.4 is 0 Å².